The largest absolute Gasteiger partial charge is 0.491 e. The summed E-state index contributed by atoms with van der Waals surface area (Å²) in [5.74, 6) is 0.782. The van der Waals surface area contributed by atoms with Gasteiger partial charge < -0.3 is 24.0 Å². The molecule has 6 nitrogen and oxygen atoms in total. The summed E-state index contributed by atoms with van der Waals surface area (Å²) in [6.07, 6.45) is 4.48. The Morgan fingerprint density at radius 1 is 0.938 bits per heavy atom. The molecule has 4 rings (SSSR count). The average molecular weight is 439 g/mol. The number of benzene rings is 2. The number of amides is 1. The van der Waals surface area contributed by atoms with Crippen molar-refractivity contribution in [2.75, 3.05) is 45.4 Å². The summed E-state index contributed by atoms with van der Waals surface area (Å²) in [6.45, 7) is 3.32. The monoisotopic (exact) mass is 438 g/mol. The van der Waals surface area contributed by atoms with Gasteiger partial charge in [-0.2, -0.15) is 0 Å². The van der Waals surface area contributed by atoms with E-state index in [2.05, 4.69) is 29.2 Å². The van der Waals surface area contributed by atoms with Crippen LogP contribution in [-0.2, 0) is 16.0 Å². The molecule has 0 bridgehead atoms. The molecule has 172 valence electrons. The van der Waals surface area contributed by atoms with Crippen LogP contribution in [-0.4, -0.2) is 63.5 Å². The Kier molecular flexibility index (Phi) is 7.66. The third-order valence-electron chi connectivity index (χ3n) is 6.12. The van der Waals surface area contributed by atoms with Crippen LogP contribution in [0.25, 0.3) is 0 Å². The lowest BCUT2D eigenvalue weighted by Gasteiger charge is -2.26. The Morgan fingerprint density at radius 3 is 2.19 bits per heavy atom. The molecule has 2 saturated heterocycles. The van der Waals surface area contributed by atoms with E-state index in [0.29, 0.717) is 25.3 Å². The highest BCUT2D eigenvalue weighted by Gasteiger charge is 2.24. The first kappa shape index (κ1) is 22.6. The molecule has 0 unspecified atom stereocenters. The molecule has 2 atom stereocenters. The molecule has 0 aromatic heterocycles. The molecule has 2 aliphatic rings. The maximum atomic E-state index is 13.4. The van der Waals surface area contributed by atoms with Gasteiger partial charge in [-0.05, 0) is 67.6 Å². The van der Waals surface area contributed by atoms with Gasteiger partial charge in [0.25, 0.3) is 5.91 Å². The molecular weight excluding hydrogens is 404 g/mol. The van der Waals surface area contributed by atoms with Crippen LogP contribution in [0.4, 0.5) is 5.69 Å². The fraction of sp³-hybridized carbons (Fsp3) is 0.500. The number of rotatable bonds is 9. The van der Waals surface area contributed by atoms with Crippen LogP contribution in [0, 0.1) is 0 Å². The second-order valence-electron chi connectivity index (χ2n) is 8.85. The third kappa shape index (κ3) is 6.02. The van der Waals surface area contributed by atoms with Crippen molar-refractivity contribution in [2.45, 2.75) is 44.4 Å². The fourth-order valence-corrected chi connectivity index (χ4v) is 4.21. The predicted octanol–water partition coefficient (Wildman–Crippen LogP) is 4.13. The zero-order chi connectivity index (χ0) is 22.3. The smallest absolute Gasteiger partial charge is 0.254 e. The Bertz CT molecular complexity index is 854. The minimum absolute atomic E-state index is 0.0165. The second kappa shape index (κ2) is 10.8. The van der Waals surface area contributed by atoms with Crippen LogP contribution in [0.5, 0.6) is 5.75 Å². The molecule has 0 N–H and O–H groups in total. The van der Waals surface area contributed by atoms with Crippen LogP contribution < -0.4 is 9.64 Å². The van der Waals surface area contributed by atoms with Crippen molar-refractivity contribution in [3.63, 3.8) is 0 Å². The molecule has 2 aromatic carbocycles. The van der Waals surface area contributed by atoms with Gasteiger partial charge in [0.05, 0.1) is 12.2 Å². The van der Waals surface area contributed by atoms with E-state index in [-0.39, 0.29) is 18.1 Å². The van der Waals surface area contributed by atoms with E-state index in [1.165, 1.54) is 0 Å². The molecule has 0 aliphatic carbocycles. The van der Waals surface area contributed by atoms with Gasteiger partial charge in [-0.25, -0.2) is 0 Å². The molecular formula is C26H34N2O4. The van der Waals surface area contributed by atoms with E-state index < -0.39 is 0 Å². The Hall–Kier alpha value is -2.57. The summed E-state index contributed by atoms with van der Waals surface area (Å²) >= 11 is 0. The number of anilines is 1. The number of carbonyl (C=O) groups is 1. The Morgan fingerprint density at radius 2 is 1.59 bits per heavy atom. The fourth-order valence-electron chi connectivity index (χ4n) is 4.21. The molecule has 2 aliphatic heterocycles. The normalized spacial score (nSPS) is 20.3. The summed E-state index contributed by atoms with van der Waals surface area (Å²) in [6, 6.07) is 15.8. The number of ether oxygens (including phenoxy) is 3. The standard InChI is InChI=1S/C26H34N2O4/c1-27(2)22-11-7-20(8-12-22)17-28(18-24-5-3-15-30-24)26(29)21-9-13-23(14-10-21)32-19-25-6-4-16-31-25/h7-14,24-25H,3-6,15-19H2,1-2H3/t24-,25+/m0/s1. The van der Waals surface area contributed by atoms with E-state index in [0.717, 1.165) is 55.9 Å². The van der Waals surface area contributed by atoms with Crippen molar-refractivity contribution in [3.05, 3.63) is 59.7 Å². The van der Waals surface area contributed by atoms with E-state index >= 15 is 0 Å². The second-order valence-corrected chi connectivity index (χ2v) is 8.85. The quantitative estimate of drug-likeness (QED) is 0.589. The van der Waals surface area contributed by atoms with Gasteiger partial charge >= 0.3 is 0 Å². The van der Waals surface area contributed by atoms with Gasteiger partial charge in [0.2, 0.25) is 0 Å². The first-order valence-electron chi connectivity index (χ1n) is 11.6. The lowest BCUT2D eigenvalue weighted by atomic mass is 10.1. The number of nitrogens with zero attached hydrogens (tertiary/aromatic N) is 2. The summed E-state index contributed by atoms with van der Waals surface area (Å²) in [7, 11) is 4.05. The molecule has 6 heteroatoms. The van der Waals surface area contributed by atoms with Crippen LogP contribution in [0.1, 0.15) is 41.6 Å². The summed E-state index contributed by atoms with van der Waals surface area (Å²) in [4.78, 5) is 17.4. The van der Waals surface area contributed by atoms with Crippen LogP contribution in [0.2, 0.25) is 0 Å². The first-order chi connectivity index (χ1) is 15.6. The van der Waals surface area contributed by atoms with Crippen molar-refractivity contribution in [2.24, 2.45) is 0 Å². The van der Waals surface area contributed by atoms with Gasteiger partial charge in [-0.1, -0.05) is 12.1 Å². The van der Waals surface area contributed by atoms with Gasteiger partial charge in [0.1, 0.15) is 12.4 Å². The number of hydrogen-bond donors (Lipinski definition) is 0. The third-order valence-corrected chi connectivity index (χ3v) is 6.12. The van der Waals surface area contributed by atoms with E-state index in [9.17, 15) is 4.79 Å². The topological polar surface area (TPSA) is 51.2 Å². The van der Waals surface area contributed by atoms with E-state index in [4.69, 9.17) is 14.2 Å². The molecule has 0 saturated carbocycles. The van der Waals surface area contributed by atoms with Crippen LogP contribution in [0.15, 0.2) is 48.5 Å². The summed E-state index contributed by atoms with van der Waals surface area (Å²) in [5, 5.41) is 0. The molecule has 2 fully saturated rings. The lowest BCUT2D eigenvalue weighted by Crippen LogP contribution is -2.37. The highest BCUT2D eigenvalue weighted by atomic mass is 16.5. The Labute approximate surface area is 191 Å². The number of carbonyl (C=O) groups excluding carboxylic acids is 1. The molecule has 0 spiro atoms. The Balaban J connectivity index is 1.42. The first-order valence-corrected chi connectivity index (χ1v) is 11.6. The molecule has 2 heterocycles. The van der Waals surface area contributed by atoms with Crippen molar-refractivity contribution in [1.29, 1.82) is 0 Å². The highest BCUT2D eigenvalue weighted by Crippen LogP contribution is 2.21. The SMILES string of the molecule is CN(C)c1ccc(CN(C[C@@H]2CCCO2)C(=O)c2ccc(OC[C@H]3CCCO3)cc2)cc1. The minimum atomic E-state index is 0.0165. The van der Waals surface area contributed by atoms with E-state index in [1.807, 2.05) is 43.3 Å². The zero-order valence-electron chi connectivity index (χ0n) is 19.2. The molecule has 0 radical (unpaired) electrons. The van der Waals surface area contributed by atoms with Crippen molar-refractivity contribution in [3.8, 4) is 5.75 Å². The van der Waals surface area contributed by atoms with Crippen LogP contribution >= 0.6 is 0 Å². The lowest BCUT2D eigenvalue weighted by molar-refractivity contribution is 0.0507. The highest BCUT2D eigenvalue weighted by molar-refractivity contribution is 5.94. The molecule has 32 heavy (non-hydrogen) atoms. The van der Waals surface area contributed by atoms with Gasteiger partial charge in [0, 0.05) is 51.6 Å². The van der Waals surface area contributed by atoms with Crippen LogP contribution in [0.3, 0.4) is 0 Å². The number of hydrogen-bond acceptors (Lipinski definition) is 5. The van der Waals surface area contributed by atoms with Crippen molar-refractivity contribution >= 4 is 11.6 Å². The van der Waals surface area contributed by atoms with Gasteiger partial charge in [-0.3, -0.25) is 4.79 Å². The van der Waals surface area contributed by atoms with Crippen molar-refractivity contribution < 1.29 is 19.0 Å². The molecule has 1 amide bonds. The zero-order valence-corrected chi connectivity index (χ0v) is 19.2. The van der Waals surface area contributed by atoms with Gasteiger partial charge in [-0.15, -0.1) is 0 Å². The summed E-state index contributed by atoms with van der Waals surface area (Å²) < 4.78 is 17.3. The molecule has 2 aromatic rings. The van der Waals surface area contributed by atoms with Gasteiger partial charge in [0.15, 0.2) is 0 Å². The predicted molar refractivity (Wildman–Crippen MR) is 125 cm³/mol. The maximum absolute atomic E-state index is 13.4. The van der Waals surface area contributed by atoms with E-state index in [1.54, 1.807) is 0 Å². The average Bonchev–Trinajstić information content (AvgIpc) is 3.52. The summed E-state index contributed by atoms with van der Waals surface area (Å²) in [5.41, 5.74) is 2.92. The maximum Gasteiger partial charge on any atom is 0.254 e. The minimum Gasteiger partial charge on any atom is -0.491 e. The van der Waals surface area contributed by atoms with Crippen molar-refractivity contribution in [1.82, 2.24) is 4.90 Å².